The van der Waals surface area contributed by atoms with E-state index in [9.17, 15) is 9.59 Å². The molecule has 1 aliphatic carbocycles. The lowest BCUT2D eigenvalue weighted by Gasteiger charge is -2.17. The van der Waals surface area contributed by atoms with Crippen LogP contribution < -0.4 is 5.32 Å². The van der Waals surface area contributed by atoms with Gasteiger partial charge in [-0.25, -0.2) is 14.8 Å². The Kier molecular flexibility index (Phi) is 4.17. The van der Waals surface area contributed by atoms with Gasteiger partial charge in [-0.15, -0.1) is 11.3 Å². The molecular formula is C16H18N4O2S2. The van der Waals surface area contributed by atoms with E-state index in [0.29, 0.717) is 13.1 Å². The molecule has 2 aromatic rings. The van der Waals surface area contributed by atoms with Gasteiger partial charge in [0.05, 0.1) is 5.25 Å². The average molecular weight is 362 g/mol. The number of aromatic nitrogens is 2. The van der Waals surface area contributed by atoms with Crippen molar-refractivity contribution in [3.05, 3.63) is 16.8 Å². The third-order valence-corrected chi connectivity index (χ3v) is 6.76. The first-order valence-corrected chi connectivity index (χ1v) is 9.86. The molecule has 0 unspecified atom stereocenters. The fourth-order valence-electron chi connectivity index (χ4n) is 3.27. The molecule has 2 aromatic heterocycles. The Morgan fingerprint density at radius 3 is 3.00 bits per heavy atom. The number of hydrogen-bond acceptors (Lipinski definition) is 6. The Labute approximate surface area is 148 Å². The number of amides is 3. The fraction of sp³-hybridized carbons (Fsp3) is 0.500. The van der Waals surface area contributed by atoms with Crippen LogP contribution in [0, 0.1) is 0 Å². The molecule has 1 N–H and O–H groups in total. The van der Waals surface area contributed by atoms with Crippen LogP contribution in [0.15, 0.2) is 11.4 Å². The minimum Gasteiger partial charge on any atom is -0.336 e. The summed E-state index contributed by atoms with van der Waals surface area (Å²) in [5.41, 5.74) is 1.36. The molecule has 1 saturated heterocycles. The molecule has 2 aliphatic rings. The van der Waals surface area contributed by atoms with Gasteiger partial charge in [0.15, 0.2) is 0 Å². The van der Waals surface area contributed by atoms with Gasteiger partial charge in [0.25, 0.3) is 0 Å². The maximum atomic E-state index is 12.5. The Balaban J connectivity index is 1.63. The van der Waals surface area contributed by atoms with Crippen LogP contribution in [0.3, 0.4) is 0 Å². The van der Waals surface area contributed by atoms with Crippen LogP contribution in [0.4, 0.5) is 4.79 Å². The van der Waals surface area contributed by atoms with Gasteiger partial charge in [0, 0.05) is 23.4 Å². The van der Waals surface area contributed by atoms with Gasteiger partial charge in [0.1, 0.15) is 16.2 Å². The van der Waals surface area contributed by atoms with E-state index < -0.39 is 0 Å². The van der Waals surface area contributed by atoms with Crippen molar-refractivity contribution in [2.24, 2.45) is 0 Å². The monoisotopic (exact) mass is 362 g/mol. The number of thiophene rings is 1. The van der Waals surface area contributed by atoms with Gasteiger partial charge in [-0.2, -0.15) is 0 Å². The van der Waals surface area contributed by atoms with Crippen LogP contribution in [0.1, 0.15) is 30.2 Å². The van der Waals surface area contributed by atoms with Crippen LogP contribution in [0.25, 0.3) is 10.2 Å². The molecule has 1 aliphatic heterocycles. The molecular weight excluding hydrogens is 344 g/mol. The van der Waals surface area contributed by atoms with Crippen LogP contribution >= 0.6 is 23.1 Å². The highest BCUT2D eigenvalue weighted by Crippen LogP contribution is 2.40. The number of nitrogens with zero attached hydrogens (tertiary/aromatic N) is 3. The van der Waals surface area contributed by atoms with Crippen molar-refractivity contribution in [2.45, 2.75) is 42.9 Å². The number of imide groups is 1. The van der Waals surface area contributed by atoms with E-state index >= 15 is 0 Å². The van der Waals surface area contributed by atoms with Gasteiger partial charge in [0.2, 0.25) is 5.91 Å². The van der Waals surface area contributed by atoms with E-state index in [2.05, 4.69) is 15.3 Å². The lowest BCUT2D eigenvalue weighted by atomic mass is 9.97. The quantitative estimate of drug-likeness (QED) is 0.671. The Morgan fingerprint density at radius 1 is 1.38 bits per heavy atom. The number of carbonyl (C=O) groups is 2. The molecule has 8 heteroatoms. The lowest BCUT2D eigenvalue weighted by molar-refractivity contribution is -0.126. The Hall–Kier alpha value is -1.67. The van der Waals surface area contributed by atoms with Gasteiger partial charge in [-0.3, -0.25) is 9.69 Å². The topological polar surface area (TPSA) is 75.2 Å². The van der Waals surface area contributed by atoms with Crippen molar-refractivity contribution in [2.75, 3.05) is 13.1 Å². The SMILES string of the molecule is C[C@@H](Sc1ncnc2sc3c(c12)CCCC3)C(=O)N1CCNC1=O. The number of urea groups is 1. The second kappa shape index (κ2) is 6.33. The van der Waals surface area contributed by atoms with Crippen molar-refractivity contribution >= 4 is 45.3 Å². The largest absolute Gasteiger partial charge is 0.336 e. The summed E-state index contributed by atoms with van der Waals surface area (Å²) in [7, 11) is 0. The van der Waals surface area contributed by atoms with Gasteiger partial charge < -0.3 is 5.32 Å². The zero-order chi connectivity index (χ0) is 16.7. The normalized spacial score (nSPS) is 18.5. The number of rotatable bonds is 3. The van der Waals surface area contributed by atoms with Crippen molar-refractivity contribution in [3.8, 4) is 0 Å². The number of nitrogens with one attached hydrogen (secondary N) is 1. The third-order valence-electron chi connectivity index (χ3n) is 4.48. The lowest BCUT2D eigenvalue weighted by Crippen LogP contribution is -2.38. The molecule has 126 valence electrons. The van der Waals surface area contributed by atoms with E-state index in [0.717, 1.165) is 28.1 Å². The molecule has 24 heavy (non-hydrogen) atoms. The molecule has 0 radical (unpaired) electrons. The van der Waals surface area contributed by atoms with Crippen molar-refractivity contribution in [3.63, 3.8) is 0 Å². The summed E-state index contributed by atoms with van der Waals surface area (Å²) in [6.45, 7) is 2.80. The first kappa shape index (κ1) is 15.8. The maximum Gasteiger partial charge on any atom is 0.324 e. The number of fused-ring (bicyclic) bond motifs is 3. The molecule has 0 aromatic carbocycles. The van der Waals surface area contributed by atoms with Crippen LogP contribution in [-0.4, -0.2) is 45.1 Å². The molecule has 3 amide bonds. The van der Waals surface area contributed by atoms with Crippen LogP contribution in [0.2, 0.25) is 0 Å². The highest BCUT2D eigenvalue weighted by Gasteiger charge is 2.31. The predicted octanol–water partition coefficient (Wildman–Crippen LogP) is 2.60. The Bertz CT molecular complexity index is 820. The van der Waals surface area contributed by atoms with Crippen LogP contribution in [-0.2, 0) is 17.6 Å². The summed E-state index contributed by atoms with van der Waals surface area (Å²) in [6, 6.07) is -0.298. The number of hydrogen-bond donors (Lipinski definition) is 1. The predicted molar refractivity (Wildman–Crippen MR) is 94.5 cm³/mol. The molecule has 1 atom stereocenters. The van der Waals surface area contributed by atoms with E-state index in [-0.39, 0.29) is 17.2 Å². The van der Waals surface area contributed by atoms with E-state index in [1.165, 1.54) is 39.9 Å². The maximum absolute atomic E-state index is 12.5. The van der Waals surface area contributed by atoms with E-state index in [4.69, 9.17) is 0 Å². The number of thioether (sulfide) groups is 1. The first-order valence-electron chi connectivity index (χ1n) is 8.16. The number of carbonyl (C=O) groups excluding carboxylic acids is 2. The second-order valence-corrected chi connectivity index (χ2v) is 8.46. The summed E-state index contributed by atoms with van der Waals surface area (Å²) >= 11 is 3.18. The summed E-state index contributed by atoms with van der Waals surface area (Å²) < 4.78 is 0. The van der Waals surface area contributed by atoms with Crippen molar-refractivity contribution < 1.29 is 9.59 Å². The summed E-state index contributed by atoms with van der Waals surface area (Å²) in [4.78, 5) is 36.8. The molecule has 6 nitrogen and oxygen atoms in total. The highest BCUT2D eigenvalue weighted by atomic mass is 32.2. The van der Waals surface area contributed by atoms with Crippen molar-refractivity contribution in [1.82, 2.24) is 20.2 Å². The summed E-state index contributed by atoms with van der Waals surface area (Å²) in [6.07, 6.45) is 6.18. The molecule has 1 fully saturated rings. The van der Waals surface area contributed by atoms with Gasteiger partial charge in [-0.05, 0) is 38.2 Å². The molecule has 3 heterocycles. The van der Waals surface area contributed by atoms with E-state index in [1.54, 1.807) is 17.7 Å². The smallest absolute Gasteiger partial charge is 0.324 e. The third kappa shape index (κ3) is 2.67. The van der Waals surface area contributed by atoms with Gasteiger partial charge >= 0.3 is 6.03 Å². The van der Waals surface area contributed by atoms with Crippen LogP contribution in [0.5, 0.6) is 0 Å². The molecule has 4 rings (SSSR count). The molecule has 0 saturated carbocycles. The summed E-state index contributed by atoms with van der Waals surface area (Å²) in [5.74, 6) is -0.161. The minimum absolute atomic E-state index is 0.161. The highest BCUT2D eigenvalue weighted by molar-refractivity contribution is 8.00. The zero-order valence-corrected chi connectivity index (χ0v) is 15.0. The average Bonchev–Trinajstić information content (AvgIpc) is 3.17. The minimum atomic E-state index is -0.355. The zero-order valence-electron chi connectivity index (χ0n) is 13.4. The second-order valence-electron chi connectivity index (χ2n) is 6.05. The van der Waals surface area contributed by atoms with Crippen molar-refractivity contribution in [1.29, 1.82) is 0 Å². The molecule has 0 bridgehead atoms. The first-order chi connectivity index (χ1) is 11.6. The summed E-state index contributed by atoms with van der Waals surface area (Å²) in [5, 5.41) is 4.29. The molecule has 0 spiro atoms. The fourth-order valence-corrected chi connectivity index (χ4v) is 5.57. The van der Waals surface area contributed by atoms with Gasteiger partial charge in [-0.1, -0.05) is 11.8 Å². The Morgan fingerprint density at radius 2 is 2.21 bits per heavy atom. The standard InChI is InChI=1S/C16H18N4O2S2/c1-9(15(21)20-7-6-17-16(20)22)23-13-12-10-4-2-3-5-11(10)24-14(12)19-8-18-13/h8-9H,2-7H2,1H3,(H,17,22)/t9-/m1/s1. The van der Waals surface area contributed by atoms with E-state index in [1.807, 2.05) is 6.92 Å². The number of aryl methyl sites for hydroxylation is 2.